The van der Waals surface area contributed by atoms with Crippen LogP contribution in [0.25, 0.3) is 11.8 Å². The molecule has 1 aliphatic heterocycles. The molecule has 0 radical (unpaired) electrons. The lowest BCUT2D eigenvalue weighted by molar-refractivity contribution is -0.139. The number of carbonyl (C=O) groups excluding carboxylic acids is 2. The van der Waals surface area contributed by atoms with Crippen molar-refractivity contribution < 1.29 is 23.8 Å². The van der Waals surface area contributed by atoms with Gasteiger partial charge in [0.05, 0.1) is 35.1 Å². The zero-order valence-electron chi connectivity index (χ0n) is 25.3. The fourth-order valence-electron chi connectivity index (χ4n) is 5.09. The third-order valence-corrected chi connectivity index (χ3v) is 8.09. The lowest BCUT2D eigenvalue weighted by Gasteiger charge is -2.26. The minimum absolute atomic E-state index is 0.180. The Labute approximate surface area is 259 Å². The summed E-state index contributed by atoms with van der Waals surface area (Å²) in [5.74, 6) is 0.0299. The van der Waals surface area contributed by atoms with Crippen molar-refractivity contribution in [2.24, 2.45) is 4.99 Å². The van der Waals surface area contributed by atoms with Gasteiger partial charge in [-0.2, -0.15) is 0 Å². The number of thiazole rings is 1. The van der Waals surface area contributed by atoms with E-state index in [4.69, 9.17) is 19.2 Å². The van der Waals surface area contributed by atoms with E-state index >= 15 is 0 Å². The van der Waals surface area contributed by atoms with Gasteiger partial charge in [-0.25, -0.2) is 9.79 Å². The number of esters is 2. The van der Waals surface area contributed by atoms with Crippen LogP contribution >= 0.6 is 11.3 Å². The number of fused-ring (bicyclic) bond motifs is 1. The zero-order chi connectivity index (χ0) is 31.4. The highest BCUT2D eigenvalue weighted by Gasteiger charge is 2.35. The molecular formula is C35H34N2O6S. The topological polar surface area (TPSA) is 96.2 Å². The van der Waals surface area contributed by atoms with E-state index in [-0.39, 0.29) is 12.2 Å². The molecule has 0 bridgehead atoms. The number of aromatic nitrogens is 1. The molecule has 0 fully saturated rings. The first-order chi connectivity index (χ1) is 21.2. The summed E-state index contributed by atoms with van der Waals surface area (Å²) in [5.41, 5.74) is 3.84. The average molecular weight is 611 g/mol. The Hall–Kier alpha value is -4.76. The van der Waals surface area contributed by atoms with Crippen molar-refractivity contribution in [2.45, 2.75) is 46.6 Å². The molecule has 2 heterocycles. The zero-order valence-corrected chi connectivity index (χ0v) is 26.1. The highest BCUT2D eigenvalue weighted by atomic mass is 32.1. The summed E-state index contributed by atoms with van der Waals surface area (Å²) in [6.07, 6.45) is 1.75. The van der Waals surface area contributed by atoms with Crippen molar-refractivity contribution in [2.75, 3.05) is 13.2 Å². The summed E-state index contributed by atoms with van der Waals surface area (Å²) in [6, 6.07) is 21.8. The van der Waals surface area contributed by atoms with Crippen LogP contribution in [0.1, 0.15) is 68.8 Å². The van der Waals surface area contributed by atoms with Crippen molar-refractivity contribution in [3.63, 3.8) is 0 Å². The van der Waals surface area contributed by atoms with Gasteiger partial charge in [0.25, 0.3) is 5.56 Å². The molecule has 44 heavy (non-hydrogen) atoms. The first kappa shape index (κ1) is 30.7. The Morgan fingerprint density at radius 3 is 2.34 bits per heavy atom. The largest absolute Gasteiger partial charge is 0.490 e. The van der Waals surface area contributed by atoms with E-state index in [9.17, 15) is 14.4 Å². The summed E-state index contributed by atoms with van der Waals surface area (Å²) in [6.45, 7) is 9.70. The van der Waals surface area contributed by atoms with E-state index in [1.54, 1.807) is 35.8 Å². The second-order valence-electron chi connectivity index (χ2n) is 10.5. The van der Waals surface area contributed by atoms with Crippen molar-refractivity contribution in [1.29, 1.82) is 0 Å². The highest BCUT2D eigenvalue weighted by Crippen LogP contribution is 2.36. The lowest BCUT2D eigenvalue weighted by atomic mass is 9.91. The standard InChI is InChI=1S/C35H34N2O6S/c1-6-41-28-19-23(13-18-27(28)43-22(5)38)20-29-33(39)37-32(26-16-14-24(15-17-26)21(3)4)30(34(40)42-7-2)31(36-35(37)44-29)25-11-9-8-10-12-25/h8-21,32H,6-7H2,1-5H3/b29-20-/t32-/m1/s1. The van der Waals surface area contributed by atoms with Crippen molar-refractivity contribution >= 4 is 35.0 Å². The molecule has 9 heteroatoms. The van der Waals surface area contributed by atoms with Gasteiger partial charge in [-0.3, -0.25) is 14.2 Å². The van der Waals surface area contributed by atoms with Crippen LogP contribution in [0, 0.1) is 0 Å². The van der Waals surface area contributed by atoms with Crippen LogP contribution in [0.15, 0.2) is 88.2 Å². The molecule has 3 aromatic carbocycles. The number of rotatable bonds is 9. The molecule has 1 aliphatic rings. The third-order valence-electron chi connectivity index (χ3n) is 7.11. The fraction of sp³-hybridized carbons (Fsp3) is 0.257. The minimum Gasteiger partial charge on any atom is -0.490 e. The van der Waals surface area contributed by atoms with Gasteiger partial charge in [-0.15, -0.1) is 0 Å². The fourth-order valence-corrected chi connectivity index (χ4v) is 6.09. The van der Waals surface area contributed by atoms with Crippen LogP contribution in [0.5, 0.6) is 11.5 Å². The molecule has 0 saturated heterocycles. The highest BCUT2D eigenvalue weighted by molar-refractivity contribution is 7.07. The van der Waals surface area contributed by atoms with Crippen LogP contribution in [0.3, 0.4) is 0 Å². The number of nitrogens with zero attached hydrogens (tertiary/aromatic N) is 2. The summed E-state index contributed by atoms with van der Waals surface area (Å²) >= 11 is 1.24. The van der Waals surface area contributed by atoms with Gasteiger partial charge in [-0.05, 0) is 54.7 Å². The molecular weight excluding hydrogens is 576 g/mol. The quantitative estimate of drug-likeness (QED) is 0.187. The van der Waals surface area contributed by atoms with Gasteiger partial charge in [0, 0.05) is 12.5 Å². The monoisotopic (exact) mass is 610 g/mol. The van der Waals surface area contributed by atoms with E-state index in [1.807, 2.05) is 61.5 Å². The van der Waals surface area contributed by atoms with Crippen LogP contribution in [0.4, 0.5) is 0 Å². The molecule has 5 rings (SSSR count). The predicted octanol–water partition coefficient (Wildman–Crippen LogP) is 5.38. The van der Waals surface area contributed by atoms with E-state index in [1.165, 1.54) is 18.3 Å². The van der Waals surface area contributed by atoms with E-state index in [2.05, 4.69) is 13.8 Å². The molecule has 0 N–H and O–H groups in total. The van der Waals surface area contributed by atoms with Crippen LogP contribution in [-0.2, 0) is 14.3 Å². The Morgan fingerprint density at radius 2 is 1.70 bits per heavy atom. The Bertz CT molecular complexity index is 1900. The molecule has 226 valence electrons. The second kappa shape index (κ2) is 13.3. The first-order valence-electron chi connectivity index (χ1n) is 14.5. The summed E-state index contributed by atoms with van der Waals surface area (Å²) in [7, 11) is 0. The number of carbonyl (C=O) groups is 2. The number of ether oxygens (including phenoxy) is 3. The van der Waals surface area contributed by atoms with Gasteiger partial charge in [0.2, 0.25) is 0 Å². The maximum Gasteiger partial charge on any atom is 0.338 e. The normalized spacial score (nSPS) is 14.7. The van der Waals surface area contributed by atoms with E-state index in [0.29, 0.717) is 50.2 Å². The lowest BCUT2D eigenvalue weighted by Crippen LogP contribution is -2.40. The second-order valence-corrected chi connectivity index (χ2v) is 11.5. The summed E-state index contributed by atoms with van der Waals surface area (Å²) in [5, 5.41) is 0. The van der Waals surface area contributed by atoms with Crippen LogP contribution in [0.2, 0.25) is 0 Å². The summed E-state index contributed by atoms with van der Waals surface area (Å²) < 4.78 is 18.5. The maximum atomic E-state index is 14.2. The van der Waals surface area contributed by atoms with Gasteiger partial charge < -0.3 is 14.2 Å². The molecule has 0 aliphatic carbocycles. The Kier molecular flexibility index (Phi) is 9.25. The molecule has 1 aromatic heterocycles. The Balaban J connectivity index is 1.75. The summed E-state index contributed by atoms with van der Waals surface area (Å²) in [4.78, 5) is 44.8. The molecule has 4 aromatic rings. The maximum absolute atomic E-state index is 14.2. The van der Waals surface area contributed by atoms with E-state index in [0.717, 1.165) is 16.7 Å². The average Bonchev–Trinajstić information content (AvgIpc) is 3.32. The SMILES string of the molecule is CCOC(=O)C1=C(c2ccccc2)N=c2s/c(=C\c3ccc(OC(C)=O)c(OCC)c3)c(=O)n2[C@@H]1c1ccc(C(C)C)cc1. The Morgan fingerprint density at radius 1 is 0.977 bits per heavy atom. The minimum atomic E-state index is -0.755. The molecule has 0 spiro atoms. The molecule has 0 amide bonds. The smallest absolute Gasteiger partial charge is 0.338 e. The predicted molar refractivity (Wildman–Crippen MR) is 171 cm³/mol. The van der Waals surface area contributed by atoms with E-state index < -0.39 is 18.0 Å². The number of hydrogen-bond acceptors (Lipinski definition) is 8. The van der Waals surface area contributed by atoms with Crippen LogP contribution in [-0.4, -0.2) is 29.7 Å². The molecule has 0 saturated carbocycles. The third kappa shape index (κ3) is 6.28. The van der Waals surface area contributed by atoms with Crippen molar-refractivity contribution in [3.8, 4) is 11.5 Å². The van der Waals surface area contributed by atoms with Gasteiger partial charge in [0.15, 0.2) is 16.3 Å². The van der Waals surface area contributed by atoms with Crippen molar-refractivity contribution in [1.82, 2.24) is 4.57 Å². The van der Waals surface area contributed by atoms with Gasteiger partial charge in [-0.1, -0.05) is 85.8 Å². The van der Waals surface area contributed by atoms with Crippen LogP contribution < -0.4 is 24.4 Å². The number of hydrogen-bond donors (Lipinski definition) is 0. The molecule has 8 nitrogen and oxygen atoms in total. The van der Waals surface area contributed by atoms with Gasteiger partial charge in [0.1, 0.15) is 0 Å². The van der Waals surface area contributed by atoms with Crippen molar-refractivity contribution in [3.05, 3.63) is 120 Å². The van der Waals surface area contributed by atoms with Gasteiger partial charge >= 0.3 is 11.9 Å². The first-order valence-corrected chi connectivity index (χ1v) is 15.4. The molecule has 0 unspecified atom stereocenters. The number of benzene rings is 3. The molecule has 1 atom stereocenters.